The normalized spacial score (nSPS) is 11.0. The number of hydrogen-bond donors (Lipinski definition) is 0. The van der Waals surface area contributed by atoms with E-state index in [1.165, 1.54) is 5.56 Å². The SMILES string of the molecule is Cc1ccc(C(=O)N(Cc2ccccc2)c2nc3c(C)ccc(C)c3s2)cc1. The van der Waals surface area contributed by atoms with Crippen LogP contribution >= 0.6 is 11.3 Å². The number of aryl methyl sites for hydroxylation is 3. The van der Waals surface area contributed by atoms with Crippen molar-refractivity contribution in [2.24, 2.45) is 0 Å². The monoisotopic (exact) mass is 386 g/mol. The van der Waals surface area contributed by atoms with Crippen molar-refractivity contribution in [2.75, 3.05) is 4.90 Å². The second-order valence-electron chi connectivity index (χ2n) is 7.12. The highest BCUT2D eigenvalue weighted by atomic mass is 32.1. The molecule has 140 valence electrons. The van der Waals surface area contributed by atoms with Crippen LogP contribution in [0.1, 0.15) is 32.6 Å². The molecular formula is C24H22N2OS. The van der Waals surface area contributed by atoms with Crippen LogP contribution in [0.2, 0.25) is 0 Å². The molecule has 3 aromatic carbocycles. The molecule has 0 atom stereocenters. The third-order valence-electron chi connectivity index (χ3n) is 4.89. The van der Waals surface area contributed by atoms with Gasteiger partial charge in [0, 0.05) is 5.56 Å². The number of rotatable bonds is 4. The van der Waals surface area contributed by atoms with E-state index in [9.17, 15) is 4.79 Å². The lowest BCUT2D eigenvalue weighted by molar-refractivity contribution is 0.0985. The Bertz CT molecular complexity index is 1090. The maximum absolute atomic E-state index is 13.4. The summed E-state index contributed by atoms with van der Waals surface area (Å²) in [6, 6.07) is 22.0. The Hall–Kier alpha value is -2.98. The fourth-order valence-electron chi connectivity index (χ4n) is 3.21. The minimum Gasteiger partial charge on any atom is -0.279 e. The van der Waals surface area contributed by atoms with Crippen molar-refractivity contribution >= 4 is 32.6 Å². The van der Waals surface area contributed by atoms with E-state index in [0.717, 1.165) is 32.0 Å². The van der Waals surface area contributed by atoms with Gasteiger partial charge in [0.25, 0.3) is 5.91 Å². The Kier molecular flexibility index (Phi) is 4.97. The molecule has 1 amide bonds. The van der Waals surface area contributed by atoms with Crippen LogP contribution in [-0.4, -0.2) is 10.9 Å². The van der Waals surface area contributed by atoms with Crippen LogP contribution < -0.4 is 4.90 Å². The highest BCUT2D eigenvalue weighted by molar-refractivity contribution is 7.22. The fourth-order valence-corrected chi connectivity index (χ4v) is 4.32. The van der Waals surface area contributed by atoms with E-state index in [1.54, 1.807) is 16.2 Å². The van der Waals surface area contributed by atoms with Crippen LogP contribution in [-0.2, 0) is 6.54 Å². The number of hydrogen-bond acceptors (Lipinski definition) is 3. The van der Waals surface area contributed by atoms with Gasteiger partial charge in [-0.2, -0.15) is 0 Å². The number of nitrogens with zero attached hydrogens (tertiary/aromatic N) is 2. The Morgan fingerprint density at radius 3 is 2.25 bits per heavy atom. The predicted molar refractivity (Wildman–Crippen MR) is 117 cm³/mol. The smallest absolute Gasteiger partial charge is 0.260 e. The standard InChI is InChI=1S/C24H22N2OS/c1-16-9-13-20(14-10-16)23(27)26(15-19-7-5-4-6-8-19)24-25-21-17(2)11-12-18(3)22(21)28-24/h4-14H,15H2,1-3H3. The molecule has 1 aromatic heterocycles. The van der Waals surface area contributed by atoms with E-state index in [-0.39, 0.29) is 5.91 Å². The van der Waals surface area contributed by atoms with Gasteiger partial charge < -0.3 is 0 Å². The highest BCUT2D eigenvalue weighted by Crippen LogP contribution is 2.34. The van der Waals surface area contributed by atoms with Gasteiger partial charge in [-0.25, -0.2) is 4.98 Å². The summed E-state index contributed by atoms with van der Waals surface area (Å²) in [4.78, 5) is 20.1. The van der Waals surface area contributed by atoms with Crippen LogP contribution in [0.4, 0.5) is 5.13 Å². The fraction of sp³-hybridized carbons (Fsp3) is 0.167. The van der Waals surface area contributed by atoms with Crippen LogP contribution in [0.3, 0.4) is 0 Å². The first-order chi connectivity index (χ1) is 13.5. The number of benzene rings is 3. The summed E-state index contributed by atoms with van der Waals surface area (Å²) in [6.45, 7) is 6.67. The van der Waals surface area contributed by atoms with Crippen molar-refractivity contribution in [3.63, 3.8) is 0 Å². The zero-order valence-corrected chi connectivity index (χ0v) is 17.1. The van der Waals surface area contributed by atoms with E-state index in [2.05, 4.69) is 26.0 Å². The molecule has 4 rings (SSSR count). The van der Waals surface area contributed by atoms with Crippen molar-refractivity contribution in [3.8, 4) is 0 Å². The average molecular weight is 387 g/mol. The predicted octanol–water partition coefficient (Wildman–Crippen LogP) is 6.07. The Morgan fingerprint density at radius 2 is 1.57 bits per heavy atom. The maximum Gasteiger partial charge on any atom is 0.260 e. The summed E-state index contributed by atoms with van der Waals surface area (Å²) in [6.07, 6.45) is 0. The Morgan fingerprint density at radius 1 is 0.893 bits per heavy atom. The van der Waals surface area contributed by atoms with Crippen molar-refractivity contribution in [1.82, 2.24) is 4.98 Å². The summed E-state index contributed by atoms with van der Waals surface area (Å²) in [7, 11) is 0. The molecule has 3 nitrogen and oxygen atoms in total. The number of aromatic nitrogens is 1. The van der Waals surface area contributed by atoms with E-state index >= 15 is 0 Å². The number of fused-ring (bicyclic) bond motifs is 1. The minimum atomic E-state index is -0.0294. The summed E-state index contributed by atoms with van der Waals surface area (Å²) >= 11 is 1.59. The highest BCUT2D eigenvalue weighted by Gasteiger charge is 2.22. The van der Waals surface area contributed by atoms with Crippen molar-refractivity contribution in [2.45, 2.75) is 27.3 Å². The minimum absolute atomic E-state index is 0.0294. The molecule has 0 saturated carbocycles. The number of carbonyl (C=O) groups is 1. The molecule has 0 aliphatic rings. The van der Waals surface area contributed by atoms with Gasteiger partial charge in [-0.1, -0.05) is 71.5 Å². The van der Waals surface area contributed by atoms with E-state index in [1.807, 2.05) is 61.5 Å². The number of thiazole rings is 1. The van der Waals surface area contributed by atoms with E-state index in [0.29, 0.717) is 12.1 Å². The molecular weight excluding hydrogens is 364 g/mol. The molecule has 4 heteroatoms. The molecule has 0 aliphatic heterocycles. The molecule has 0 fully saturated rings. The second kappa shape index (κ2) is 7.56. The molecule has 28 heavy (non-hydrogen) atoms. The molecule has 0 radical (unpaired) electrons. The lowest BCUT2D eigenvalue weighted by Gasteiger charge is -2.20. The Labute approximate surface area is 169 Å². The van der Waals surface area contributed by atoms with Crippen LogP contribution in [0, 0.1) is 20.8 Å². The van der Waals surface area contributed by atoms with Gasteiger partial charge in [0.2, 0.25) is 0 Å². The lowest BCUT2D eigenvalue weighted by atomic mass is 10.1. The van der Waals surface area contributed by atoms with Gasteiger partial charge in [-0.05, 0) is 49.6 Å². The third kappa shape index (κ3) is 3.56. The van der Waals surface area contributed by atoms with Gasteiger partial charge in [-0.3, -0.25) is 9.69 Å². The number of amides is 1. The number of carbonyl (C=O) groups excluding carboxylic acids is 1. The third-order valence-corrected chi connectivity index (χ3v) is 6.10. The van der Waals surface area contributed by atoms with Crippen molar-refractivity contribution in [1.29, 1.82) is 0 Å². The molecule has 0 spiro atoms. The average Bonchev–Trinajstić information content (AvgIpc) is 3.16. The first kappa shape index (κ1) is 18.4. The quantitative estimate of drug-likeness (QED) is 0.426. The molecule has 4 aromatic rings. The molecule has 0 N–H and O–H groups in total. The lowest BCUT2D eigenvalue weighted by Crippen LogP contribution is -2.30. The van der Waals surface area contributed by atoms with Crippen LogP contribution in [0.25, 0.3) is 10.2 Å². The van der Waals surface area contributed by atoms with E-state index in [4.69, 9.17) is 4.98 Å². The van der Waals surface area contributed by atoms with Crippen molar-refractivity contribution < 1.29 is 4.79 Å². The van der Waals surface area contributed by atoms with Gasteiger partial charge >= 0.3 is 0 Å². The molecule has 0 unspecified atom stereocenters. The van der Waals surface area contributed by atoms with Crippen LogP contribution in [0.15, 0.2) is 66.7 Å². The first-order valence-corrected chi connectivity index (χ1v) is 10.1. The summed E-state index contributed by atoms with van der Waals surface area (Å²) in [5.41, 5.74) is 6.19. The van der Waals surface area contributed by atoms with Crippen molar-refractivity contribution in [3.05, 3.63) is 94.5 Å². The van der Waals surface area contributed by atoms with Crippen LogP contribution in [0.5, 0.6) is 0 Å². The summed E-state index contributed by atoms with van der Waals surface area (Å²) < 4.78 is 1.14. The molecule has 1 heterocycles. The first-order valence-electron chi connectivity index (χ1n) is 9.32. The maximum atomic E-state index is 13.4. The molecule has 0 bridgehead atoms. The number of anilines is 1. The topological polar surface area (TPSA) is 33.2 Å². The van der Waals surface area contributed by atoms with E-state index < -0.39 is 0 Å². The Balaban J connectivity index is 1.80. The zero-order valence-electron chi connectivity index (χ0n) is 16.3. The van der Waals surface area contributed by atoms with Gasteiger partial charge in [0.15, 0.2) is 5.13 Å². The van der Waals surface area contributed by atoms with Gasteiger partial charge in [0.1, 0.15) is 0 Å². The molecule has 0 aliphatic carbocycles. The van der Waals surface area contributed by atoms with Gasteiger partial charge in [-0.15, -0.1) is 0 Å². The molecule has 0 saturated heterocycles. The zero-order chi connectivity index (χ0) is 19.7. The summed E-state index contributed by atoms with van der Waals surface area (Å²) in [5.74, 6) is -0.0294. The largest absolute Gasteiger partial charge is 0.279 e. The summed E-state index contributed by atoms with van der Waals surface area (Å²) in [5, 5.41) is 0.738. The van der Waals surface area contributed by atoms with Gasteiger partial charge in [0.05, 0.1) is 16.8 Å². The second-order valence-corrected chi connectivity index (χ2v) is 8.09.